The van der Waals surface area contributed by atoms with Crippen LogP contribution in [0.3, 0.4) is 0 Å². The summed E-state index contributed by atoms with van der Waals surface area (Å²) in [6, 6.07) is 6.71. The van der Waals surface area contributed by atoms with Gasteiger partial charge in [-0.1, -0.05) is 6.07 Å². The van der Waals surface area contributed by atoms with Crippen molar-refractivity contribution >= 4 is 17.0 Å². The van der Waals surface area contributed by atoms with Gasteiger partial charge in [-0.2, -0.15) is 5.10 Å². The Bertz CT molecular complexity index is 861. The number of hydrogen-bond acceptors (Lipinski definition) is 4. The molecule has 2 aromatic heterocycles. The molecule has 0 atom stereocenters. The summed E-state index contributed by atoms with van der Waals surface area (Å²) in [6.07, 6.45) is 1.53. The molecule has 0 fully saturated rings. The summed E-state index contributed by atoms with van der Waals surface area (Å²) in [5.74, 6) is -1.95. The van der Waals surface area contributed by atoms with Crippen LogP contribution in [0.15, 0.2) is 36.5 Å². The lowest BCUT2D eigenvalue weighted by Gasteiger charge is -2.05. The van der Waals surface area contributed by atoms with Crippen molar-refractivity contribution < 1.29 is 18.3 Å². The first-order chi connectivity index (χ1) is 10.6. The number of methoxy groups -OCH3 is 1. The van der Waals surface area contributed by atoms with E-state index in [4.69, 9.17) is 0 Å². The highest BCUT2D eigenvalue weighted by molar-refractivity contribution is 6.00. The zero-order valence-electron chi connectivity index (χ0n) is 11.6. The molecule has 0 aliphatic rings. The van der Waals surface area contributed by atoms with Gasteiger partial charge in [-0.15, -0.1) is 0 Å². The van der Waals surface area contributed by atoms with Crippen LogP contribution < -0.4 is 0 Å². The summed E-state index contributed by atoms with van der Waals surface area (Å²) in [6.45, 7) is 0.0469. The minimum absolute atomic E-state index is 0.0469. The fourth-order valence-electron chi connectivity index (χ4n) is 2.18. The van der Waals surface area contributed by atoms with Gasteiger partial charge in [0.15, 0.2) is 5.69 Å². The average Bonchev–Trinajstić information content (AvgIpc) is 2.88. The molecule has 0 bridgehead atoms. The first-order valence-corrected chi connectivity index (χ1v) is 6.44. The molecule has 0 N–H and O–H groups in total. The van der Waals surface area contributed by atoms with E-state index in [1.54, 1.807) is 12.1 Å². The van der Waals surface area contributed by atoms with Crippen molar-refractivity contribution in [3.8, 4) is 0 Å². The highest BCUT2D eigenvalue weighted by Gasteiger charge is 2.19. The molecule has 0 saturated carbocycles. The van der Waals surface area contributed by atoms with Gasteiger partial charge in [0.1, 0.15) is 17.2 Å². The molecule has 0 unspecified atom stereocenters. The van der Waals surface area contributed by atoms with Gasteiger partial charge in [0.25, 0.3) is 0 Å². The Balaban J connectivity index is 2.09. The Kier molecular flexibility index (Phi) is 3.54. The van der Waals surface area contributed by atoms with Crippen LogP contribution in [0.2, 0.25) is 0 Å². The summed E-state index contributed by atoms with van der Waals surface area (Å²) in [5.41, 5.74) is 1.25. The zero-order valence-corrected chi connectivity index (χ0v) is 11.6. The second-order valence-electron chi connectivity index (χ2n) is 4.60. The average molecular weight is 303 g/mol. The highest BCUT2D eigenvalue weighted by atomic mass is 19.1. The third-order valence-electron chi connectivity index (χ3n) is 3.22. The molecule has 0 amide bonds. The molecular weight excluding hydrogens is 292 g/mol. The Hall–Kier alpha value is -2.83. The smallest absolute Gasteiger partial charge is 0.360 e. The number of carbonyl (C=O) groups is 1. The van der Waals surface area contributed by atoms with Gasteiger partial charge in [-0.3, -0.25) is 9.67 Å². The number of aromatic nitrogens is 3. The lowest BCUT2D eigenvalue weighted by atomic mass is 10.2. The van der Waals surface area contributed by atoms with Crippen LogP contribution in [0, 0.1) is 11.6 Å². The number of hydrogen-bond donors (Lipinski definition) is 0. The van der Waals surface area contributed by atoms with Crippen LogP contribution in [0.4, 0.5) is 8.78 Å². The largest absolute Gasteiger partial charge is 0.464 e. The summed E-state index contributed by atoms with van der Waals surface area (Å²) in [5, 5.41) is 4.14. The number of benzene rings is 1. The summed E-state index contributed by atoms with van der Waals surface area (Å²) in [7, 11) is 1.25. The van der Waals surface area contributed by atoms with Gasteiger partial charge < -0.3 is 4.74 Å². The normalized spacial score (nSPS) is 10.9. The van der Waals surface area contributed by atoms with Crippen molar-refractivity contribution in [3.63, 3.8) is 0 Å². The van der Waals surface area contributed by atoms with Gasteiger partial charge in [0, 0.05) is 17.8 Å². The van der Waals surface area contributed by atoms with Gasteiger partial charge in [0.05, 0.1) is 19.2 Å². The van der Waals surface area contributed by atoms with Crippen molar-refractivity contribution in [1.82, 2.24) is 14.8 Å². The third kappa shape index (κ3) is 2.41. The number of fused-ring (bicyclic) bond motifs is 1. The summed E-state index contributed by atoms with van der Waals surface area (Å²) >= 11 is 0. The second-order valence-corrected chi connectivity index (χ2v) is 4.60. The van der Waals surface area contributed by atoms with Crippen molar-refractivity contribution in [2.24, 2.45) is 0 Å². The second kappa shape index (κ2) is 5.51. The first kappa shape index (κ1) is 14.1. The maximum Gasteiger partial charge on any atom is 0.360 e. The molecule has 0 saturated heterocycles. The summed E-state index contributed by atoms with van der Waals surface area (Å²) < 4.78 is 32.8. The quantitative estimate of drug-likeness (QED) is 0.698. The maximum atomic E-state index is 13.8. The van der Waals surface area contributed by atoms with Crippen LogP contribution >= 0.6 is 0 Å². The van der Waals surface area contributed by atoms with Crippen LogP contribution in [0.5, 0.6) is 0 Å². The lowest BCUT2D eigenvalue weighted by molar-refractivity contribution is 0.0595. The Morgan fingerprint density at radius 3 is 2.86 bits per heavy atom. The monoisotopic (exact) mass is 303 g/mol. The molecule has 5 nitrogen and oxygen atoms in total. The number of nitrogens with zero attached hydrogens (tertiary/aromatic N) is 3. The fraction of sp³-hybridized carbons (Fsp3) is 0.133. The van der Waals surface area contributed by atoms with Gasteiger partial charge >= 0.3 is 5.97 Å². The Labute approximate surface area is 124 Å². The minimum atomic E-state index is -0.674. The highest BCUT2D eigenvalue weighted by Crippen LogP contribution is 2.19. The molecule has 7 heteroatoms. The van der Waals surface area contributed by atoms with Crippen molar-refractivity contribution in [2.45, 2.75) is 6.54 Å². The van der Waals surface area contributed by atoms with E-state index in [9.17, 15) is 13.6 Å². The van der Waals surface area contributed by atoms with E-state index in [0.29, 0.717) is 11.0 Å². The zero-order chi connectivity index (χ0) is 15.7. The molecule has 0 aliphatic carbocycles. The number of esters is 1. The SMILES string of the molecule is COC(=O)c1nn(Cc2ccc(F)cc2F)c2cccnc12. The Morgan fingerprint density at radius 1 is 1.32 bits per heavy atom. The lowest BCUT2D eigenvalue weighted by Crippen LogP contribution is -2.07. The van der Waals surface area contributed by atoms with Crippen molar-refractivity contribution in [2.75, 3.05) is 7.11 Å². The van der Waals surface area contributed by atoms with E-state index in [2.05, 4.69) is 14.8 Å². The molecule has 0 spiro atoms. The van der Waals surface area contributed by atoms with Crippen LogP contribution in [-0.4, -0.2) is 27.8 Å². The van der Waals surface area contributed by atoms with E-state index < -0.39 is 17.6 Å². The number of rotatable bonds is 3. The van der Waals surface area contributed by atoms with Crippen molar-refractivity contribution in [1.29, 1.82) is 0 Å². The standard InChI is InChI=1S/C15H11F2N3O2/c1-22-15(21)14-13-12(3-2-6-18-13)20(19-14)8-9-4-5-10(16)7-11(9)17/h2-7H,8H2,1H3. The van der Waals surface area contributed by atoms with Crippen molar-refractivity contribution in [3.05, 3.63) is 59.4 Å². The van der Waals surface area contributed by atoms with Gasteiger partial charge in [-0.05, 0) is 18.2 Å². The molecule has 2 heterocycles. The van der Waals surface area contributed by atoms with Gasteiger partial charge in [0.2, 0.25) is 0 Å². The summed E-state index contributed by atoms with van der Waals surface area (Å²) in [4.78, 5) is 15.9. The fourth-order valence-corrected chi connectivity index (χ4v) is 2.18. The van der Waals surface area contributed by atoms with E-state index in [0.717, 1.165) is 6.07 Å². The van der Waals surface area contributed by atoms with E-state index in [-0.39, 0.29) is 17.8 Å². The van der Waals surface area contributed by atoms with E-state index >= 15 is 0 Å². The number of ether oxygens (including phenoxy) is 1. The molecule has 22 heavy (non-hydrogen) atoms. The molecule has 3 rings (SSSR count). The predicted molar refractivity (Wildman–Crippen MR) is 74.3 cm³/mol. The molecule has 1 aromatic carbocycles. The predicted octanol–water partition coefficient (Wildman–Crippen LogP) is 2.54. The van der Waals surface area contributed by atoms with E-state index in [1.165, 1.54) is 30.1 Å². The van der Waals surface area contributed by atoms with Crippen LogP contribution in [0.25, 0.3) is 11.0 Å². The topological polar surface area (TPSA) is 57.0 Å². The minimum Gasteiger partial charge on any atom is -0.464 e. The van der Waals surface area contributed by atoms with E-state index in [1.807, 2.05) is 0 Å². The van der Waals surface area contributed by atoms with Crippen LogP contribution in [-0.2, 0) is 11.3 Å². The number of carbonyl (C=O) groups excluding carboxylic acids is 1. The third-order valence-corrected chi connectivity index (χ3v) is 3.22. The Morgan fingerprint density at radius 2 is 2.14 bits per heavy atom. The molecule has 0 radical (unpaired) electrons. The van der Waals surface area contributed by atoms with Crippen LogP contribution in [0.1, 0.15) is 16.1 Å². The molecular formula is C15H11F2N3O2. The van der Waals surface area contributed by atoms with Gasteiger partial charge in [-0.25, -0.2) is 13.6 Å². The molecule has 3 aromatic rings. The maximum absolute atomic E-state index is 13.8. The first-order valence-electron chi connectivity index (χ1n) is 6.44. The number of halogens is 2. The number of pyridine rings is 1. The molecule has 0 aliphatic heterocycles. The molecule has 112 valence electrons.